The van der Waals surface area contributed by atoms with Gasteiger partial charge in [0.25, 0.3) is 0 Å². The van der Waals surface area contributed by atoms with Gasteiger partial charge in [0.05, 0.1) is 0 Å². The van der Waals surface area contributed by atoms with Gasteiger partial charge in [-0.3, -0.25) is 4.79 Å². The molecule has 1 aliphatic rings. The van der Waals surface area contributed by atoms with Crippen molar-refractivity contribution in [3.63, 3.8) is 0 Å². The molecule has 4 nitrogen and oxygen atoms in total. The van der Waals surface area contributed by atoms with E-state index in [0.29, 0.717) is 5.92 Å². The summed E-state index contributed by atoms with van der Waals surface area (Å²) in [4.78, 5) is 11.0. The fourth-order valence-electron chi connectivity index (χ4n) is 1.83. The van der Waals surface area contributed by atoms with Crippen LogP contribution in [0, 0.1) is 11.8 Å². The van der Waals surface area contributed by atoms with Crippen LogP contribution in [0.25, 0.3) is 0 Å². The molecule has 1 fully saturated rings. The molecule has 0 aliphatic carbocycles. The Morgan fingerprint density at radius 3 is 2.93 bits per heavy atom. The van der Waals surface area contributed by atoms with Crippen LogP contribution in [0.15, 0.2) is 0 Å². The van der Waals surface area contributed by atoms with Crippen molar-refractivity contribution in [2.24, 2.45) is 11.8 Å². The van der Waals surface area contributed by atoms with Crippen molar-refractivity contribution in [3.8, 4) is 0 Å². The van der Waals surface area contributed by atoms with Crippen LogP contribution in [0.1, 0.15) is 13.3 Å². The average Bonchev–Trinajstić information content (AvgIpc) is 2.52. The van der Waals surface area contributed by atoms with Gasteiger partial charge in [0.1, 0.15) is 6.61 Å². The first kappa shape index (κ1) is 11.5. The molecule has 0 aromatic heterocycles. The number of methoxy groups -OCH3 is 1. The molecule has 2 N–H and O–H groups in total. The highest BCUT2D eigenvalue weighted by molar-refractivity contribution is 5.77. The number of ether oxygens (including phenoxy) is 1. The van der Waals surface area contributed by atoms with E-state index in [0.717, 1.165) is 32.0 Å². The van der Waals surface area contributed by atoms with E-state index in [1.54, 1.807) is 0 Å². The number of carbonyl (C=O) groups excluding carboxylic acids is 1. The molecule has 2 atom stereocenters. The zero-order chi connectivity index (χ0) is 10.4. The number of carbonyl (C=O) groups is 1. The first-order chi connectivity index (χ1) is 6.74. The molecule has 0 aromatic rings. The fourth-order valence-corrected chi connectivity index (χ4v) is 1.83. The molecule has 1 amide bonds. The zero-order valence-electron chi connectivity index (χ0n) is 9.01. The molecule has 0 unspecified atom stereocenters. The third kappa shape index (κ3) is 3.64. The lowest BCUT2D eigenvalue weighted by Crippen LogP contribution is -2.30. The van der Waals surface area contributed by atoms with Crippen molar-refractivity contribution in [1.29, 1.82) is 0 Å². The van der Waals surface area contributed by atoms with E-state index in [-0.39, 0.29) is 12.5 Å². The maximum atomic E-state index is 11.0. The molecule has 1 heterocycles. The average molecular weight is 200 g/mol. The second-order valence-electron chi connectivity index (χ2n) is 3.97. The van der Waals surface area contributed by atoms with Crippen LogP contribution in [0.4, 0.5) is 0 Å². The molecule has 4 heteroatoms. The summed E-state index contributed by atoms with van der Waals surface area (Å²) in [6, 6.07) is 0. The van der Waals surface area contributed by atoms with Gasteiger partial charge < -0.3 is 15.4 Å². The molecular formula is C10H20N2O2. The number of hydrogen-bond acceptors (Lipinski definition) is 3. The quantitative estimate of drug-likeness (QED) is 0.656. The largest absolute Gasteiger partial charge is 0.375 e. The Morgan fingerprint density at radius 2 is 2.36 bits per heavy atom. The zero-order valence-corrected chi connectivity index (χ0v) is 9.01. The first-order valence-electron chi connectivity index (χ1n) is 5.20. The maximum absolute atomic E-state index is 11.0. The van der Waals surface area contributed by atoms with Gasteiger partial charge in [-0.2, -0.15) is 0 Å². The van der Waals surface area contributed by atoms with Gasteiger partial charge in [0.2, 0.25) is 5.91 Å². The van der Waals surface area contributed by atoms with Crippen molar-refractivity contribution in [3.05, 3.63) is 0 Å². The van der Waals surface area contributed by atoms with Crippen LogP contribution in [-0.4, -0.2) is 39.3 Å². The monoisotopic (exact) mass is 200 g/mol. The lowest BCUT2D eigenvalue weighted by atomic mass is 9.95. The van der Waals surface area contributed by atoms with E-state index < -0.39 is 0 Å². The van der Waals surface area contributed by atoms with Crippen LogP contribution in [0.3, 0.4) is 0 Å². The third-order valence-corrected chi connectivity index (χ3v) is 2.79. The Hall–Kier alpha value is -0.610. The first-order valence-corrected chi connectivity index (χ1v) is 5.20. The van der Waals surface area contributed by atoms with E-state index >= 15 is 0 Å². The summed E-state index contributed by atoms with van der Waals surface area (Å²) in [6.45, 7) is 5.37. The van der Waals surface area contributed by atoms with Crippen LogP contribution < -0.4 is 10.6 Å². The third-order valence-electron chi connectivity index (χ3n) is 2.79. The van der Waals surface area contributed by atoms with Gasteiger partial charge in [-0.05, 0) is 31.3 Å². The van der Waals surface area contributed by atoms with Crippen molar-refractivity contribution in [1.82, 2.24) is 10.6 Å². The lowest BCUT2D eigenvalue weighted by molar-refractivity contribution is -0.124. The molecular weight excluding hydrogens is 180 g/mol. The highest BCUT2D eigenvalue weighted by atomic mass is 16.5. The minimum absolute atomic E-state index is 0.0221. The van der Waals surface area contributed by atoms with Gasteiger partial charge in [-0.1, -0.05) is 6.92 Å². The number of amides is 1. The molecule has 0 bridgehead atoms. The van der Waals surface area contributed by atoms with Crippen molar-refractivity contribution in [2.75, 3.05) is 33.4 Å². The van der Waals surface area contributed by atoms with Crippen molar-refractivity contribution in [2.45, 2.75) is 13.3 Å². The molecule has 0 spiro atoms. The Morgan fingerprint density at radius 1 is 1.57 bits per heavy atom. The highest BCUT2D eigenvalue weighted by Gasteiger charge is 2.22. The number of nitrogens with one attached hydrogen (secondary N) is 2. The number of rotatable bonds is 5. The van der Waals surface area contributed by atoms with Crippen LogP contribution in [0.2, 0.25) is 0 Å². The highest BCUT2D eigenvalue weighted by Crippen LogP contribution is 2.18. The Labute approximate surface area is 85.4 Å². The van der Waals surface area contributed by atoms with Gasteiger partial charge in [-0.15, -0.1) is 0 Å². The summed E-state index contributed by atoms with van der Waals surface area (Å²) < 4.78 is 4.72. The number of hydrogen-bond donors (Lipinski definition) is 2. The van der Waals surface area contributed by atoms with Gasteiger partial charge in [0, 0.05) is 13.7 Å². The van der Waals surface area contributed by atoms with Crippen LogP contribution in [0.5, 0.6) is 0 Å². The Kier molecular flexibility index (Phi) is 4.90. The van der Waals surface area contributed by atoms with E-state index in [9.17, 15) is 4.79 Å². The van der Waals surface area contributed by atoms with E-state index in [1.165, 1.54) is 7.11 Å². The van der Waals surface area contributed by atoms with E-state index in [1.807, 2.05) is 0 Å². The topological polar surface area (TPSA) is 50.4 Å². The van der Waals surface area contributed by atoms with Gasteiger partial charge in [-0.25, -0.2) is 0 Å². The van der Waals surface area contributed by atoms with Crippen LogP contribution in [-0.2, 0) is 9.53 Å². The minimum Gasteiger partial charge on any atom is -0.375 e. The summed E-state index contributed by atoms with van der Waals surface area (Å²) in [5, 5.41) is 6.19. The van der Waals surface area contributed by atoms with Crippen molar-refractivity contribution >= 4 is 5.91 Å². The lowest BCUT2D eigenvalue weighted by Gasteiger charge is -2.13. The minimum atomic E-state index is -0.0221. The Balaban J connectivity index is 2.06. The maximum Gasteiger partial charge on any atom is 0.245 e. The second-order valence-corrected chi connectivity index (χ2v) is 3.97. The van der Waals surface area contributed by atoms with Gasteiger partial charge in [0.15, 0.2) is 0 Å². The Bertz CT molecular complexity index is 185. The molecule has 0 radical (unpaired) electrons. The molecule has 1 saturated heterocycles. The summed E-state index contributed by atoms with van der Waals surface area (Å²) in [5.41, 5.74) is 0. The van der Waals surface area contributed by atoms with E-state index in [4.69, 9.17) is 4.74 Å². The molecule has 14 heavy (non-hydrogen) atoms. The van der Waals surface area contributed by atoms with Crippen molar-refractivity contribution < 1.29 is 9.53 Å². The summed E-state index contributed by atoms with van der Waals surface area (Å²) in [6.07, 6.45) is 1.06. The fraction of sp³-hybridized carbons (Fsp3) is 0.900. The summed E-state index contributed by atoms with van der Waals surface area (Å²) >= 11 is 0. The SMILES string of the molecule is COCC(=O)NCC[C@@H]1CNC[C@H]1C. The molecule has 0 saturated carbocycles. The van der Waals surface area contributed by atoms with Gasteiger partial charge >= 0.3 is 0 Å². The smallest absolute Gasteiger partial charge is 0.245 e. The second kappa shape index (κ2) is 5.98. The molecule has 1 aliphatic heterocycles. The predicted molar refractivity (Wildman–Crippen MR) is 55.0 cm³/mol. The normalized spacial score (nSPS) is 26.4. The predicted octanol–water partition coefficient (Wildman–Crippen LogP) is -0.00540. The van der Waals surface area contributed by atoms with E-state index in [2.05, 4.69) is 17.6 Å². The summed E-state index contributed by atoms with van der Waals surface area (Å²) in [7, 11) is 1.53. The summed E-state index contributed by atoms with van der Waals surface area (Å²) in [5.74, 6) is 1.42. The molecule has 0 aromatic carbocycles. The van der Waals surface area contributed by atoms with Crippen LogP contribution >= 0.6 is 0 Å². The molecule has 1 rings (SSSR count). The standard InChI is InChI=1S/C10H20N2O2/c1-8-5-11-6-9(8)3-4-12-10(13)7-14-2/h8-9,11H,3-7H2,1-2H3,(H,12,13)/t8-,9-/m1/s1. The molecule has 82 valence electrons.